The number of alkyl halides is 3. The fourth-order valence-electron chi connectivity index (χ4n) is 2.66. The SMILES string of the molecule is C/C=C\CC(OCc1ccccc1)(c1nnc(-c2cccc(=O)[nH]2)o1)C(F)(F)F. The Balaban J connectivity index is 2.03. The lowest BCUT2D eigenvalue weighted by molar-refractivity contribution is -0.295. The number of allylic oxidation sites excluding steroid dienone is 1. The number of nitrogens with one attached hydrogen (secondary N) is 1. The summed E-state index contributed by atoms with van der Waals surface area (Å²) in [6, 6.07) is 12.6. The molecule has 3 rings (SSSR count). The quantitative estimate of drug-likeness (QED) is 0.591. The number of pyridine rings is 1. The van der Waals surface area contributed by atoms with Gasteiger partial charge in [-0.15, -0.1) is 10.2 Å². The zero-order valence-electron chi connectivity index (χ0n) is 15.4. The van der Waals surface area contributed by atoms with E-state index in [0.717, 1.165) is 0 Å². The number of aromatic nitrogens is 3. The molecule has 9 heteroatoms. The number of rotatable bonds is 7. The number of H-pyrrole nitrogens is 1. The van der Waals surface area contributed by atoms with Gasteiger partial charge in [0.1, 0.15) is 5.69 Å². The summed E-state index contributed by atoms with van der Waals surface area (Å²) in [7, 11) is 0. The van der Waals surface area contributed by atoms with Crippen LogP contribution in [0.3, 0.4) is 0 Å². The van der Waals surface area contributed by atoms with E-state index >= 15 is 0 Å². The molecular formula is C20H18F3N3O3. The topological polar surface area (TPSA) is 81.0 Å². The second-order valence-electron chi connectivity index (χ2n) is 6.21. The van der Waals surface area contributed by atoms with Crippen LogP contribution in [-0.4, -0.2) is 21.4 Å². The molecule has 1 unspecified atom stereocenters. The number of hydrogen-bond acceptors (Lipinski definition) is 5. The highest BCUT2D eigenvalue weighted by Gasteiger charge is 2.60. The second kappa shape index (κ2) is 8.44. The number of ether oxygens (including phenoxy) is 1. The summed E-state index contributed by atoms with van der Waals surface area (Å²) in [5.41, 5.74) is -2.61. The smallest absolute Gasteiger partial charge is 0.416 e. The Hall–Kier alpha value is -3.20. The second-order valence-corrected chi connectivity index (χ2v) is 6.21. The third kappa shape index (κ3) is 4.45. The van der Waals surface area contributed by atoms with Gasteiger partial charge in [-0.2, -0.15) is 13.2 Å². The van der Waals surface area contributed by atoms with Crippen LogP contribution >= 0.6 is 0 Å². The molecule has 0 saturated heterocycles. The third-order valence-corrected chi connectivity index (χ3v) is 4.20. The molecule has 1 atom stereocenters. The Morgan fingerprint density at radius 1 is 1.10 bits per heavy atom. The van der Waals surface area contributed by atoms with Crippen LogP contribution in [0.1, 0.15) is 24.8 Å². The lowest BCUT2D eigenvalue weighted by atomic mass is 9.97. The van der Waals surface area contributed by atoms with E-state index in [1.807, 2.05) is 0 Å². The number of aromatic amines is 1. The number of nitrogens with zero attached hydrogens (tertiary/aromatic N) is 2. The fraction of sp³-hybridized carbons (Fsp3) is 0.250. The van der Waals surface area contributed by atoms with E-state index in [0.29, 0.717) is 5.56 Å². The molecule has 29 heavy (non-hydrogen) atoms. The van der Waals surface area contributed by atoms with Gasteiger partial charge in [-0.3, -0.25) is 4.79 Å². The van der Waals surface area contributed by atoms with Crippen molar-refractivity contribution in [1.82, 2.24) is 15.2 Å². The molecule has 0 amide bonds. The Kier molecular flexibility index (Phi) is 5.97. The molecule has 2 heterocycles. The van der Waals surface area contributed by atoms with Gasteiger partial charge in [0.15, 0.2) is 0 Å². The molecule has 0 spiro atoms. The van der Waals surface area contributed by atoms with Gasteiger partial charge in [-0.25, -0.2) is 0 Å². The summed E-state index contributed by atoms with van der Waals surface area (Å²) in [6.07, 6.45) is -2.58. The van der Waals surface area contributed by atoms with Crippen LogP contribution in [0.2, 0.25) is 0 Å². The summed E-state index contributed by atoms with van der Waals surface area (Å²) in [6.45, 7) is 1.30. The van der Waals surface area contributed by atoms with Crippen LogP contribution in [0.15, 0.2) is 69.9 Å². The molecule has 1 N–H and O–H groups in total. The van der Waals surface area contributed by atoms with Crippen molar-refractivity contribution in [1.29, 1.82) is 0 Å². The first-order valence-corrected chi connectivity index (χ1v) is 8.75. The molecule has 0 fully saturated rings. The van der Waals surface area contributed by atoms with Gasteiger partial charge < -0.3 is 14.1 Å². The maximum atomic E-state index is 14.2. The van der Waals surface area contributed by atoms with Crippen LogP contribution in [0.25, 0.3) is 11.6 Å². The van der Waals surface area contributed by atoms with Crippen LogP contribution in [0.4, 0.5) is 13.2 Å². The maximum absolute atomic E-state index is 14.2. The van der Waals surface area contributed by atoms with Crippen molar-refractivity contribution >= 4 is 0 Å². The normalized spacial score (nSPS) is 14.2. The van der Waals surface area contributed by atoms with Gasteiger partial charge in [0.2, 0.25) is 11.2 Å². The van der Waals surface area contributed by atoms with E-state index in [2.05, 4.69) is 15.2 Å². The molecule has 2 aromatic heterocycles. The van der Waals surface area contributed by atoms with Crippen molar-refractivity contribution < 1.29 is 22.3 Å². The molecule has 0 aliphatic carbocycles. The Morgan fingerprint density at radius 2 is 1.86 bits per heavy atom. The van der Waals surface area contributed by atoms with Gasteiger partial charge in [0.25, 0.3) is 11.8 Å². The lowest BCUT2D eigenvalue weighted by Gasteiger charge is -2.31. The fourth-order valence-corrected chi connectivity index (χ4v) is 2.66. The van der Waals surface area contributed by atoms with E-state index in [-0.39, 0.29) is 18.2 Å². The lowest BCUT2D eigenvalue weighted by Crippen LogP contribution is -2.45. The van der Waals surface area contributed by atoms with Crippen molar-refractivity contribution in [3.63, 3.8) is 0 Å². The number of hydrogen-bond donors (Lipinski definition) is 1. The molecule has 0 aliphatic heterocycles. The minimum atomic E-state index is -4.84. The minimum absolute atomic E-state index is 0.112. The van der Waals surface area contributed by atoms with Crippen molar-refractivity contribution in [3.05, 3.63) is 82.5 Å². The largest absolute Gasteiger partial charge is 0.426 e. The summed E-state index contributed by atoms with van der Waals surface area (Å²) in [5.74, 6) is -0.978. The molecular weight excluding hydrogens is 387 g/mol. The van der Waals surface area contributed by atoms with E-state index in [1.54, 1.807) is 37.3 Å². The predicted octanol–water partition coefficient (Wildman–Crippen LogP) is 4.37. The van der Waals surface area contributed by atoms with Gasteiger partial charge in [0.05, 0.1) is 6.61 Å². The van der Waals surface area contributed by atoms with Crippen LogP contribution in [0, 0.1) is 0 Å². The monoisotopic (exact) mass is 405 g/mol. The first-order valence-electron chi connectivity index (χ1n) is 8.75. The first kappa shape index (κ1) is 20.5. The summed E-state index contributed by atoms with van der Waals surface area (Å²) < 4.78 is 53.4. The van der Waals surface area contributed by atoms with E-state index in [4.69, 9.17) is 9.15 Å². The Morgan fingerprint density at radius 3 is 2.52 bits per heavy atom. The van der Waals surface area contributed by atoms with Crippen molar-refractivity contribution in [2.24, 2.45) is 0 Å². The average Bonchev–Trinajstić information content (AvgIpc) is 3.19. The minimum Gasteiger partial charge on any atom is -0.416 e. The molecule has 1 aromatic carbocycles. The third-order valence-electron chi connectivity index (χ3n) is 4.20. The highest BCUT2D eigenvalue weighted by molar-refractivity contribution is 5.45. The molecule has 0 bridgehead atoms. The molecule has 3 aromatic rings. The summed E-state index contributed by atoms with van der Waals surface area (Å²) in [5, 5.41) is 7.29. The van der Waals surface area contributed by atoms with Gasteiger partial charge >= 0.3 is 6.18 Å². The predicted molar refractivity (Wildman–Crippen MR) is 98.7 cm³/mol. The van der Waals surface area contributed by atoms with Crippen LogP contribution < -0.4 is 5.56 Å². The van der Waals surface area contributed by atoms with E-state index in [9.17, 15) is 18.0 Å². The molecule has 0 saturated carbocycles. The van der Waals surface area contributed by atoms with Crippen LogP contribution in [-0.2, 0) is 16.9 Å². The molecule has 6 nitrogen and oxygen atoms in total. The molecule has 0 radical (unpaired) electrons. The van der Waals surface area contributed by atoms with Gasteiger partial charge in [-0.05, 0) is 18.6 Å². The van der Waals surface area contributed by atoms with Crippen molar-refractivity contribution in [3.8, 4) is 11.6 Å². The average molecular weight is 405 g/mol. The summed E-state index contributed by atoms with van der Waals surface area (Å²) in [4.78, 5) is 13.9. The van der Waals surface area contributed by atoms with E-state index < -0.39 is 29.6 Å². The highest BCUT2D eigenvalue weighted by Crippen LogP contribution is 2.45. The maximum Gasteiger partial charge on any atom is 0.426 e. The first-order chi connectivity index (χ1) is 13.9. The van der Waals surface area contributed by atoms with Crippen molar-refractivity contribution in [2.75, 3.05) is 0 Å². The Bertz CT molecular complexity index is 1030. The zero-order valence-corrected chi connectivity index (χ0v) is 15.4. The van der Waals surface area contributed by atoms with Crippen LogP contribution in [0.5, 0.6) is 0 Å². The van der Waals surface area contributed by atoms with Crippen molar-refractivity contribution in [2.45, 2.75) is 31.7 Å². The Labute approximate surface area is 164 Å². The standard InChI is InChI=1S/C20H18F3N3O3/c1-2-3-12-19(20(21,22)23,28-13-14-8-5-4-6-9-14)18-26-25-17(29-18)15-10-7-11-16(27)24-15/h2-11H,12-13H2,1H3,(H,24,27)/b3-2-. The van der Waals surface area contributed by atoms with E-state index in [1.165, 1.54) is 30.4 Å². The zero-order chi connectivity index (χ0) is 20.9. The molecule has 0 aliphatic rings. The number of benzene rings is 1. The highest BCUT2D eigenvalue weighted by atomic mass is 19.4. The van der Waals surface area contributed by atoms with Gasteiger partial charge in [-0.1, -0.05) is 48.6 Å². The van der Waals surface area contributed by atoms with Gasteiger partial charge in [0, 0.05) is 12.5 Å². The summed E-state index contributed by atoms with van der Waals surface area (Å²) >= 11 is 0. The molecule has 152 valence electrons. The number of halogens is 3.